The molecule has 70 valence electrons. The molecule has 1 aliphatic carbocycles. The Bertz CT molecular complexity index is 497. The Morgan fingerprint density at radius 2 is 2.36 bits per heavy atom. The number of rotatable bonds is 2. The minimum Gasteiger partial charge on any atom is -0.303 e. The first-order valence-electron chi connectivity index (χ1n) is 4.81. The van der Waals surface area contributed by atoms with E-state index in [1.807, 2.05) is 22.7 Å². The molecular formula is C11H10N2O. The van der Waals surface area contributed by atoms with Gasteiger partial charge < -0.3 is 4.40 Å². The topological polar surface area (TPSA) is 34.4 Å². The number of imidazole rings is 1. The third kappa shape index (κ3) is 0.985. The predicted molar refractivity (Wildman–Crippen MR) is 52.6 cm³/mol. The summed E-state index contributed by atoms with van der Waals surface area (Å²) in [4.78, 5) is 15.1. The lowest BCUT2D eigenvalue weighted by Gasteiger charge is -1.99. The Hall–Kier alpha value is -1.64. The Morgan fingerprint density at radius 1 is 1.50 bits per heavy atom. The van der Waals surface area contributed by atoms with E-state index in [2.05, 4.69) is 4.98 Å². The Morgan fingerprint density at radius 3 is 3.07 bits per heavy atom. The van der Waals surface area contributed by atoms with Crippen LogP contribution in [0.1, 0.15) is 34.9 Å². The van der Waals surface area contributed by atoms with Crippen molar-refractivity contribution >= 4 is 11.8 Å². The second kappa shape index (κ2) is 2.67. The molecule has 3 nitrogen and oxygen atoms in total. The number of carbonyl (C=O) groups is 1. The zero-order chi connectivity index (χ0) is 9.54. The fourth-order valence-corrected chi connectivity index (χ4v) is 1.81. The number of fused-ring (bicyclic) bond motifs is 1. The van der Waals surface area contributed by atoms with Crippen molar-refractivity contribution in [3.05, 3.63) is 35.9 Å². The molecule has 0 unspecified atom stereocenters. The second-order valence-corrected chi connectivity index (χ2v) is 3.73. The zero-order valence-corrected chi connectivity index (χ0v) is 7.68. The Labute approximate surface area is 81.4 Å². The van der Waals surface area contributed by atoms with Crippen molar-refractivity contribution < 1.29 is 4.79 Å². The molecule has 1 aliphatic rings. The van der Waals surface area contributed by atoms with Gasteiger partial charge in [-0.05, 0) is 25.0 Å². The maximum Gasteiger partial charge on any atom is 0.152 e. The number of nitrogens with zero attached hydrogens (tertiary/aromatic N) is 2. The highest BCUT2D eigenvalue weighted by Gasteiger charge is 2.27. The van der Waals surface area contributed by atoms with E-state index in [9.17, 15) is 4.79 Å². The normalized spacial score (nSPS) is 16.0. The molecule has 0 N–H and O–H groups in total. The zero-order valence-electron chi connectivity index (χ0n) is 7.68. The van der Waals surface area contributed by atoms with Gasteiger partial charge in [-0.1, -0.05) is 0 Å². The molecule has 2 aromatic heterocycles. The van der Waals surface area contributed by atoms with Gasteiger partial charge in [0.15, 0.2) is 6.29 Å². The summed E-state index contributed by atoms with van der Waals surface area (Å²) in [6, 6.07) is 3.71. The molecule has 14 heavy (non-hydrogen) atoms. The maximum atomic E-state index is 10.8. The summed E-state index contributed by atoms with van der Waals surface area (Å²) in [6.07, 6.45) is 7.10. The van der Waals surface area contributed by atoms with Gasteiger partial charge in [0.1, 0.15) is 5.82 Å². The molecule has 2 heterocycles. The van der Waals surface area contributed by atoms with Gasteiger partial charge in [0.05, 0.1) is 11.7 Å². The number of aromatic nitrogens is 2. The van der Waals surface area contributed by atoms with Gasteiger partial charge in [-0.25, -0.2) is 4.98 Å². The minimum atomic E-state index is 0.611. The Kier molecular flexibility index (Phi) is 1.48. The minimum absolute atomic E-state index is 0.611. The summed E-state index contributed by atoms with van der Waals surface area (Å²) in [6.45, 7) is 0. The lowest BCUT2D eigenvalue weighted by Crippen LogP contribution is -1.93. The van der Waals surface area contributed by atoms with E-state index < -0.39 is 0 Å². The molecule has 2 aromatic rings. The molecule has 0 bridgehead atoms. The van der Waals surface area contributed by atoms with E-state index in [1.54, 1.807) is 6.20 Å². The SMILES string of the molecule is O=Cc1cccn2c(C3CC3)ncc12. The molecule has 0 atom stereocenters. The molecule has 0 saturated heterocycles. The highest BCUT2D eigenvalue weighted by atomic mass is 16.1. The molecule has 3 heteroatoms. The maximum absolute atomic E-state index is 10.8. The van der Waals surface area contributed by atoms with Gasteiger partial charge in [0.25, 0.3) is 0 Å². The van der Waals surface area contributed by atoms with E-state index in [-0.39, 0.29) is 0 Å². The summed E-state index contributed by atoms with van der Waals surface area (Å²) in [5, 5.41) is 0. The number of hydrogen-bond donors (Lipinski definition) is 0. The van der Waals surface area contributed by atoms with Crippen LogP contribution in [-0.2, 0) is 0 Å². The van der Waals surface area contributed by atoms with Crippen LogP contribution in [0.15, 0.2) is 24.5 Å². The van der Waals surface area contributed by atoms with Crippen LogP contribution in [0.4, 0.5) is 0 Å². The van der Waals surface area contributed by atoms with Gasteiger partial charge in [-0.2, -0.15) is 0 Å². The van der Waals surface area contributed by atoms with Gasteiger partial charge in [-0.3, -0.25) is 4.79 Å². The number of aldehydes is 1. The summed E-state index contributed by atoms with van der Waals surface area (Å²) in [5.41, 5.74) is 1.64. The van der Waals surface area contributed by atoms with Crippen LogP contribution in [0.25, 0.3) is 5.52 Å². The van der Waals surface area contributed by atoms with Gasteiger partial charge >= 0.3 is 0 Å². The van der Waals surface area contributed by atoms with Crippen molar-refractivity contribution in [3.8, 4) is 0 Å². The van der Waals surface area contributed by atoms with Gasteiger partial charge in [-0.15, -0.1) is 0 Å². The molecule has 0 radical (unpaired) electrons. The van der Waals surface area contributed by atoms with Crippen molar-refractivity contribution in [1.29, 1.82) is 0 Å². The van der Waals surface area contributed by atoms with Gasteiger partial charge in [0.2, 0.25) is 0 Å². The molecule has 1 fully saturated rings. The van der Waals surface area contributed by atoms with E-state index in [0.717, 1.165) is 17.6 Å². The summed E-state index contributed by atoms with van der Waals surface area (Å²) >= 11 is 0. The smallest absolute Gasteiger partial charge is 0.152 e. The van der Waals surface area contributed by atoms with Crippen molar-refractivity contribution in [2.75, 3.05) is 0 Å². The first-order chi connectivity index (χ1) is 6.90. The molecule has 0 aliphatic heterocycles. The highest BCUT2D eigenvalue weighted by Crippen LogP contribution is 2.39. The second-order valence-electron chi connectivity index (χ2n) is 3.73. The predicted octanol–water partition coefficient (Wildman–Crippen LogP) is 2.02. The lowest BCUT2D eigenvalue weighted by atomic mass is 10.2. The Balaban J connectivity index is 2.30. The molecule has 0 amide bonds. The van der Waals surface area contributed by atoms with E-state index in [0.29, 0.717) is 11.5 Å². The monoisotopic (exact) mass is 186 g/mol. The van der Waals surface area contributed by atoms with E-state index in [4.69, 9.17) is 0 Å². The van der Waals surface area contributed by atoms with Crippen molar-refractivity contribution in [3.63, 3.8) is 0 Å². The summed E-state index contributed by atoms with van der Waals surface area (Å²) in [5.74, 6) is 1.71. The molecule has 0 aromatic carbocycles. The van der Waals surface area contributed by atoms with E-state index in [1.165, 1.54) is 12.8 Å². The standard InChI is InChI=1S/C11H10N2O/c14-7-9-2-1-5-13-10(9)6-12-11(13)8-3-4-8/h1-2,5-8H,3-4H2. The molecule has 0 spiro atoms. The highest BCUT2D eigenvalue weighted by molar-refractivity contribution is 5.85. The summed E-state index contributed by atoms with van der Waals surface area (Å²) in [7, 11) is 0. The number of hydrogen-bond acceptors (Lipinski definition) is 2. The van der Waals surface area contributed by atoms with Crippen LogP contribution < -0.4 is 0 Å². The first kappa shape index (κ1) is 7.74. The fourth-order valence-electron chi connectivity index (χ4n) is 1.81. The van der Waals surface area contributed by atoms with Crippen LogP contribution in [0.2, 0.25) is 0 Å². The molecular weight excluding hydrogens is 176 g/mol. The largest absolute Gasteiger partial charge is 0.303 e. The van der Waals surface area contributed by atoms with E-state index >= 15 is 0 Å². The van der Waals surface area contributed by atoms with Crippen LogP contribution in [-0.4, -0.2) is 15.7 Å². The fraction of sp³-hybridized carbons (Fsp3) is 0.273. The van der Waals surface area contributed by atoms with Crippen LogP contribution in [0.5, 0.6) is 0 Å². The van der Waals surface area contributed by atoms with Crippen molar-refractivity contribution in [2.24, 2.45) is 0 Å². The summed E-state index contributed by atoms with van der Waals surface area (Å²) < 4.78 is 2.03. The average Bonchev–Trinajstić information content (AvgIpc) is 2.97. The first-order valence-corrected chi connectivity index (χ1v) is 4.81. The van der Waals surface area contributed by atoms with Crippen LogP contribution in [0.3, 0.4) is 0 Å². The van der Waals surface area contributed by atoms with Gasteiger partial charge in [0, 0.05) is 17.7 Å². The number of pyridine rings is 1. The third-order valence-electron chi connectivity index (χ3n) is 2.70. The lowest BCUT2D eigenvalue weighted by molar-refractivity contribution is 0.112. The quantitative estimate of drug-likeness (QED) is 0.672. The van der Waals surface area contributed by atoms with Crippen LogP contribution >= 0.6 is 0 Å². The third-order valence-corrected chi connectivity index (χ3v) is 2.70. The average molecular weight is 186 g/mol. The van der Waals surface area contributed by atoms with Crippen molar-refractivity contribution in [1.82, 2.24) is 9.38 Å². The molecule has 1 saturated carbocycles. The van der Waals surface area contributed by atoms with Crippen molar-refractivity contribution in [2.45, 2.75) is 18.8 Å². The molecule has 3 rings (SSSR count). The van der Waals surface area contributed by atoms with Crippen LogP contribution in [0, 0.1) is 0 Å². The number of carbonyl (C=O) groups excluding carboxylic acids is 1.